The van der Waals surface area contributed by atoms with Gasteiger partial charge in [0, 0.05) is 16.2 Å². The summed E-state index contributed by atoms with van der Waals surface area (Å²) in [5, 5.41) is 4.04. The zero-order valence-electron chi connectivity index (χ0n) is 10.3. The van der Waals surface area contributed by atoms with Crippen LogP contribution in [0.3, 0.4) is 0 Å². The first-order chi connectivity index (χ1) is 9.16. The van der Waals surface area contributed by atoms with Crippen molar-refractivity contribution in [1.29, 1.82) is 0 Å². The average Bonchev–Trinajstić information content (AvgIpc) is 2.46. The summed E-state index contributed by atoms with van der Waals surface area (Å²) < 4.78 is 0.928. The Morgan fingerprint density at radius 2 is 1.95 bits per heavy atom. The van der Waals surface area contributed by atoms with E-state index >= 15 is 0 Å². The van der Waals surface area contributed by atoms with Crippen molar-refractivity contribution in [1.82, 2.24) is 10.4 Å². The van der Waals surface area contributed by atoms with Crippen LogP contribution in [0.4, 0.5) is 0 Å². The quantitative estimate of drug-likeness (QED) is 0.699. The van der Waals surface area contributed by atoms with Gasteiger partial charge in [-0.2, -0.15) is 5.10 Å². The van der Waals surface area contributed by atoms with Crippen molar-refractivity contribution in [2.45, 2.75) is 6.92 Å². The Morgan fingerprint density at radius 1 is 1.21 bits per heavy atom. The number of amides is 1. The molecular weight excluding hydrogens is 306 g/mol. The van der Waals surface area contributed by atoms with Crippen LogP contribution in [0.2, 0.25) is 0 Å². The molecule has 1 aromatic carbocycles. The van der Waals surface area contributed by atoms with Crippen LogP contribution in [0, 0.1) is 0 Å². The van der Waals surface area contributed by atoms with Gasteiger partial charge >= 0.3 is 0 Å². The summed E-state index contributed by atoms with van der Waals surface area (Å²) in [7, 11) is 0. The number of hydrogen-bond acceptors (Lipinski definition) is 3. The molecule has 0 atom stereocenters. The normalized spacial score (nSPS) is 11.2. The van der Waals surface area contributed by atoms with Crippen molar-refractivity contribution in [2.24, 2.45) is 5.10 Å². The van der Waals surface area contributed by atoms with Crippen LogP contribution in [0.1, 0.15) is 23.0 Å². The number of hydrazone groups is 1. The summed E-state index contributed by atoms with van der Waals surface area (Å²) in [5.41, 5.74) is 4.46. The van der Waals surface area contributed by atoms with Crippen molar-refractivity contribution < 1.29 is 4.79 Å². The minimum absolute atomic E-state index is 0.247. The van der Waals surface area contributed by atoms with Crippen LogP contribution in [-0.4, -0.2) is 16.6 Å². The van der Waals surface area contributed by atoms with Gasteiger partial charge in [0.25, 0.3) is 5.91 Å². The molecule has 1 heterocycles. The summed E-state index contributed by atoms with van der Waals surface area (Å²) in [6, 6.07) is 12.6. The molecule has 0 fully saturated rings. The number of aromatic nitrogens is 1. The predicted molar refractivity (Wildman–Crippen MR) is 78.1 cm³/mol. The first-order valence-electron chi connectivity index (χ1n) is 5.68. The number of hydrogen-bond donors (Lipinski definition) is 1. The fraction of sp³-hybridized carbons (Fsp3) is 0.0714. The highest BCUT2D eigenvalue weighted by Crippen LogP contribution is 2.10. The number of pyridine rings is 1. The lowest BCUT2D eigenvalue weighted by Gasteiger charge is -2.02. The van der Waals surface area contributed by atoms with Crippen LogP contribution in [0.15, 0.2) is 58.2 Å². The molecule has 1 amide bonds. The summed E-state index contributed by atoms with van der Waals surface area (Å²) in [4.78, 5) is 16.0. The van der Waals surface area contributed by atoms with Gasteiger partial charge in [0.05, 0.1) is 11.4 Å². The Balaban J connectivity index is 2.06. The van der Waals surface area contributed by atoms with E-state index in [2.05, 4.69) is 31.4 Å². The summed E-state index contributed by atoms with van der Waals surface area (Å²) >= 11 is 3.32. The van der Waals surface area contributed by atoms with Gasteiger partial charge in [0.1, 0.15) is 0 Å². The number of carbonyl (C=O) groups excluding carboxylic acids is 1. The van der Waals surface area contributed by atoms with Crippen molar-refractivity contribution in [3.8, 4) is 0 Å². The van der Waals surface area contributed by atoms with Gasteiger partial charge in [-0.25, -0.2) is 5.43 Å². The number of carbonyl (C=O) groups is 1. The topological polar surface area (TPSA) is 54.4 Å². The van der Waals surface area contributed by atoms with Crippen LogP contribution in [0.25, 0.3) is 0 Å². The number of nitrogens with one attached hydrogen (secondary N) is 1. The first kappa shape index (κ1) is 13.4. The molecule has 0 radical (unpaired) electrons. The molecular formula is C14H12BrN3O. The second-order valence-electron chi connectivity index (χ2n) is 3.86. The Kier molecular flexibility index (Phi) is 4.41. The highest BCUT2D eigenvalue weighted by Gasteiger charge is 2.04. The molecule has 0 saturated heterocycles. The van der Waals surface area contributed by atoms with E-state index in [1.165, 1.54) is 0 Å². The Morgan fingerprint density at radius 3 is 2.58 bits per heavy atom. The van der Waals surface area contributed by atoms with E-state index in [9.17, 15) is 4.79 Å². The standard InChI is InChI=1S/C14H12BrN3O/c1-10(13-4-2-3-9-16-13)17-18-14(19)11-5-7-12(15)8-6-11/h2-9H,1H3,(H,18,19)/b17-10+. The maximum Gasteiger partial charge on any atom is 0.271 e. The van der Waals surface area contributed by atoms with Gasteiger partial charge < -0.3 is 0 Å². The van der Waals surface area contributed by atoms with Gasteiger partial charge in [-0.1, -0.05) is 22.0 Å². The Hall–Kier alpha value is -2.01. The summed E-state index contributed by atoms with van der Waals surface area (Å²) in [6.45, 7) is 1.80. The third-order valence-electron chi connectivity index (χ3n) is 2.47. The van der Waals surface area contributed by atoms with Gasteiger partial charge in [-0.05, 0) is 43.3 Å². The van der Waals surface area contributed by atoms with Gasteiger partial charge in [0.2, 0.25) is 0 Å². The first-order valence-corrected chi connectivity index (χ1v) is 6.48. The van der Waals surface area contributed by atoms with Crippen LogP contribution in [0.5, 0.6) is 0 Å². The minimum atomic E-state index is -0.247. The molecule has 0 aliphatic carbocycles. The fourth-order valence-corrected chi connectivity index (χ4v) is 1.70. The molecule has 19 heavy (non-hydrogen) atoms. The molecule has 0 aliphatic rings. The van der Waals surface area contributed by atoms with Crippen LogP contribution in [-0.2, 0) is 0 Å². The molecule has 0 unspecified atom stereocenters. The average molecular weight is 318 g/mol. The number of rotatable bonds is 3. The zero-order chi connectivity index (χ0) is 13.7. The highest BCUT2D eigenvalue weighted by atomic mass is 79.9. The van der Waals surface area contributed by atoms with E-state index in [1.807, 2.05) is 30.3 Å². The molecule has 96 valence electrons. The largest absolute Gasteiger partial charge is 0.271 e. The number of benzene rings is 1. The summed E-state index contributed by atoms with van der Waals surface area (Å²) in [6.07, 6.45) is 1.69. The van der Waals surface area contributed by atoms with Crippen LogP contribution >= 0.6 is 15.9 Å². The van der Waals surface area contributed by atoms with Gasteiger partial charge in [0.15, 0.2) is 0 Å². The lowest BCUT2D eigenvalue weighted by molar-refractivity contribution is 0.0955. The van der Waals surface area contributed by atoms with Gasteiger partial charge in [-0.3, -0.25) is 9.78 Å². The lowest BCUT2D eigenvalue weighted by atomic mass is 10.2. The Labute approximate surface area is 119 Å². The maximum absolute atomic E-state index is 11.8. The molecule has 1 aromatic heterocycles. The molecule has 0 aliphatic heterocycles. The minimum Gasteiger partial charge on any atom is -0.267 e. The monoisotopic (exact) mass is 317 g/mol. The third-order valence-corrected chi connectivity index (χ3v) is 3.00. The van der Waals surface area contributed by atoms with Crippen molar-refractivity contribution in [2.75, 3.05) is 0 Å². The molecule has 0 bridgehead atoms. The van der Waals surface area contributed by atoms with Crippen molar-refractivity contribution >= 4 is 27.5 Å². The fourth-order valence-electron chi connectivity index (χ4n) is 1.43. The van der Waals surface area contributed by atoms with Crippen molar-refractivity contribution in [3.63, 3.8) is 0 Å². The van der Waals surface area contributed by atoms with E-state index in [0.29, 0.717) is 11.3 Å². The molecule has 0 spiro atoms. The highest BCUT2D eigenvalue weighted by molar-refractivity contribution is 9.10. The molecule has 1 N–H and O–H groups in total. The second-order valence-corrected chi connectivity index (χ2v) is 4.78. The number of halogens is 1. The number of nitrogens with zero attached hydrogens (tertiary/aromatic N) is 2. The smallest absolute Gasteiger partial charge is 0.267 e. The second kappa shape index (κ2) is 6.24. The summed E-state index contributed by atoms with van der Waals surface area (Å²) in [5.74, 6) is -0.247. The van der Waals surface area contributed by atoms with E-state index in [-0.39, 0.29) is 5.91 Å². The maximum atomic E-state index is 11.8. The van der Waals surface area contributed by atoms with E-state index < -0.39 is 0 Å². The van der Waals surface area contributed by atoms with Crippen molar-refractivity contribution in [3.05, 3.63) is 64.4 Å². The Bertz CT molecular complexity index is 594. The molecule has 4 nitrogen and oxygen atoms in total. The van der Waals surface area contributed by atoms with Gasteiger partial charge in [-0.15, -0.1) is 0 Å². The zero-order valence-corrected chi connectivity index (χ0v) is 11.9. The molecule has 2 aromatic rings. The lowest BCUT2D eigenvalue weighted by Crippen LogP contribution is -2.19. The third kappa shape index (κ3) is 3.72. The van der Waals surface area contributed by atoms with E-state index in [1.54, 1.807) is 25.3 Å². The van der Waals surface area contributed by atoms with Crippen LogP contribution < -0.4 is 5.43 Å². The molecule has 5 heteroatoms. The van der Waals surface area contributed by atoms with E-state index in [4.69, 9.17) is 0 Å². The molecule has 0 saturated carbocycles. The molecule has 2 rings (SSSR count). The predicted octanol–water partition coefficient (Wildman–Crippen LogP) is 3.00. The SMILES string of the molecule is C/C(=N\NC(=O)c1ccc(Br)cc1)c1ccccn1. The van der Waals surface area contributed by atoms with E-state index in [0.717, 1.165) is 10.2 Å².